The first-order chi connectivity index (χ1) is 11.3. The van der Waals surface area contributed by atoms with Crippen LogP contribution in [0.15, 0.2) is 82.1 Å². The first-order valence-electron chi connectivity index (χ1n) is 7.45. The van der Waals surface area contributed by atoms with E-state index in [1.165, 1.54) is 5.56 Å². The van der Waals surface area contributed by atoms with Crippen molar-refractivity contribution in [2.75, 3.05) is 5.32 Å². The zero-order valence-electron chi connectivity index (χ0n) is 12.7. The number of nitrogens with zero attached hydrogens (tertiary/aromatic N) is 4. The number of anilines is 1. The number of aryl methyl sites for hydroxylation is 1. The summed E-state index contributed by atoms with van der Waals surface area (Å²) >= 11 is 0. The lowest BCUT2D eigenvalue weighted by molar-refractivity contribution is 0.592. The average molecular weight is 302 g/mol. The van der Waals surface area contributed by atoms with Gasteiger partial charge in [0.2, 0.25) is 0 Å². The van der Waals surface area contributed by atoms with Gasteiger partial charge < -0.3 is 5.32 Å². The lowest BCUT2D eigenvalue weighted by Crippen LogP contribution is -2.44. The summed E-state index contributed by atoms with van der Waals surface area (Å²) in [5.41, 5.74) is 3.18. The van der Waals surface area contributed by atoms with Crippen molar-refractivity contribution in [3.05, 3.63) is 72.6 Å². The molecule has 2 aliphatic rings. The molecule has 2 aromatic carbocycles. The van der Waals surface area contributed by atoms with E-state index < -0.39 is 0 Å². The van der Waals surface area contributed by atoms with Crippen LogP contribution >= 0.6 is 0 Å². The number of aliphatic imine (C=N–C) groups is 2. The fourth-order valence-corrected chi connectivity index (χ4v) is 2.72. The first kappa shape index (κ1) is 13.6. The summed E-state index contributed by atoms with van der Waals surface area (Å²) in [5.74, 6) is 1.35. The van der Waals surface area contributed by atoms with Crippen molar-refractivity contribution < 1.29 is 0 Å². The van der Waals surface area contributed by atoms with Gasteiger partial charge in [-0.3, -0.25) is 4.99 Å². The van der Waals surface area contributed by atoms with E-state index in [9.17, 15) is 0 Å². The van der Waals surface area contributed by atoms with Gasteiger partial charge in [0.25, 0.3) is 11.8 Å². The normalized spacial score (nSPS) is 21.6. The van der Waals surface area contributed by atoms with Gasteiger partial charge >= 0.3 is 0 Å². The Hall–Kier alpha value is -3.05. The van der Waals surface area contributed by atoms with Crippen molar-refractivity contribution in [2.45, 2.75) is 6.92 Å². The number of para-hydroxylation sites is 1. The monoisotopic (exact) mass is 302 g/mol. The van der Waals surface area contributed by atoms with Crippen LogP contribution in [0.5, 0.6) is 0 Å². The highest BCUT2D eigenvalue weighted by molar-refractivity contribution is 6.38. The second-order valence-corrected chi connectivity index (χ2v) is 5.49. The smallest absolute Gasteiger partial charge is 0.287 e. The molecule has 0 aromatic heterocycles. The van der Waals surface area contributed by atoms with Crippen LogP contribution in [-0.2, 0) is 0 Å². The molecule has 0 bridgehead atoms. The van der Waals surface area contributed by atoms with Gasteiger partial charge in [-0.05, 0) is 29.7 Å². The molecule has 112 valence electrons. The van der Waals surface area contributed by atoms with Gasteiger partial charge in [0, 0.05) is 17.8 Å². The number of amidine groups is 1. The highest BCUT2D eigenvalue weighted by Gasteiger charge is 2.42. The number of guanidine groups is 1. The molecule has 5 heteroatoms. The average Bonchev–Trinajstić information content (AvgIpc) is 2.95. The predicted octanol–water partition coefficient (Wildman–Crippen LogP) is 3.65. The van der Waals surface area contributed by atoms with E-state index in [-0.39, 0.29) is 4.59 Å². The van der Waals surface area contributed by atoms with Crippen molar-refractivity contribution in [3.8, 4) is 0 Å². The molecule has 0 aliphatic carbocycles. The molecule has 1 atom stereocenters. The summed E-state index contributed by atoms with van der Waals surface area (Å²) in [6, 6.07) is 18.2. The molecule has 0 fully saturated rings. The predicted molar refractivity (Wildman–Crippen MR) is 95.5 cm³/mol. The molecule has 0 spiro atoms. The van der Waals surface area contributed by atoms with E-state index in [0.717, 1.165) is 17.2 Å². The Kier molecular flexibility index (Phi) is 3.13. The molecule has 5 nitrogen and oxygen atoms in total. The minimum absolute atomic E-state index is 0.207. The number of quaternary nitrogens is 1. The Morgan fingerprint density at radius 1 is 1.00 bits per heavy atom. The van der Waals surface area contributed by atoms with Crippen LogP contribution < -0.4 is 9.91 Å². The summed E-state index contributed by atoms with van der Waals surface area (Å²) in [4.78, 5) is 8.80. The number of hydrogen-bond donors (Lipinski definition) is 1. The van der Waals surface area contributed by atoms with E-state index in [1.54, 1.807) is 12.4 Å². The quantitative estimate of drug-likeness (QED) is 0.846. The van der Waals surface area contributed by atoms with E-state index in [1.807, 2.05) is 48.7 Å². The lowest BCUT2D eigenvalue weighted by atomic mass is 10.2. The van der Waals surface area contributed by atoms with Crippen molar-refractivity contribution in [2.24, 2.45) is 15.1 Å². The Labute approximate surface area is 134 Å². The van der Waals surface area contributed by atoms with Gasteiger partial charge in [0.15, 0.2) is 11.9 Å². The Morgan fingerprint density at radius 3 is 2.70 bits per heavy atom. The van der Waals surface area contributed by atoms with Gasteiger partial charge in [-0.15, -0.1) is 0 Å². The summed E-state index contributed by atoms with van der Waals surface area (Å²) in [6.45, 7) is 2.06. The maximum Gasteiger partial charge on any atom is 0.287 e. The van der Waals surface area contributed by atoms with Crippen LogP contribution in [0.2, 0.25) is 0 Å². The van der Waals surface area contributed by atoms with Crippen LogP contribution in [0, 0.1) is 6.92 Å². The van der Waals surface area contributed by atoms with Gasteiger partial charge in [-0.1, -0.05) is 34.9 Å². The number of benzene rings is 2. The van der Waals surface area contributed by atoms with Crippen LogP contribution in [0.3, 0.4) is 0 Å². The number of rotatable bonds is 2. The van der Waals surface area contributed by atoms with Gasteiger partial charge in [0.1, 0.15) is 6.21 Å². The number of nitrogens with one attached hydrogen (secondary N) is 1. The molecular formula is C18H16N5+. The van der Waals surface area contributed by atoms with E-state index in [0.29, 0.717) is 5.96 Å². The van der Waals surface area contributed by atoms with Gasteiger partial charge in [-0.25, -0.2) is 0 Å². The highest BCUT2D eigenvalue weighted by Crippen LogP contribution is 2.30. The van der Waals surface area contributed by atoms with Crippen LogP contribution in [0.4, 0.5) is 11.4 Å². The summed E-state index contributed by atoms with van der Waals surface area (Å²) in [6.07, 6.45) is 5.44. The Balaban J connectivity index is 1.74. The van der Waals surface area contributed by atoms with Crippen LogP contribution in [0.1, 0.15) is 5.56 Å². The SMILES string of the molecule is Cc1cccc(NC2=N[N+]3(c4ccccc4)C=CN=CC3=N2)c1. The summed E-state index contributed by atoms with van der Waals surface area (Å²) < 4.78 is 0.207. The molecule has 2 aromatic rings. The minimum atomic E-state index is 0.207. The molecule has 0 saturated heterocycles. The maximum atomic E-state index is 4.80. The maximum absolute atomic E-state index is 4.80. The summed E-state index contributed by atoms with van der Waals surface area (Å²) in [7, 11) is 0. The Bertz CT molecular complexity index is 864. The minimum Gasteiger partial charge on any atom is -0.320 e. The van der Waals surface area contributed by atoms with Crippen molar-refractivity contribution in [3.63, 3.8) is 0 Å². The first-order valence-corrected chi connectivity index (χ1v) is 7.45. The molecule has 2 aliphatic heterocycles. The number of fused-ring (bicyclic) bond motifs is 1. The topological polar surface area (TPSA) is 49.1 Å². The third kappa shape index (κ3) is 2.37. The molecule has 0 saturated carbocycles. The van der Waals surface area contributed by atoms with E-state index in [2.05, 4.69) is 34.4 Å². The van der Waals surface area contributed by atoms with Crippen LogP contribution in [-0.4, -0.2) is 18.0 Å². The molecule has 1 unspecified atom stereocenters. The van der Waals surface area contributed by atoms with Gasteiger partial charge in [0.05, 0.1) is 6.20 Å². The molecule has 4 rings (SSSR count). The zero-order valence-corrected chi connectivity index (χ0v) is 12.7. The van der Waals surface area contributed by atoms with Crippen molar-refractivity contribution in [1.29, 1.82) is 0 Å². The molecule has 0 radical (unpaired) electrons. The van der Waals surface area contributed by atoms with Crippen molar-refractivity contribution in [1.82, 2.24) is 4.59 Å². The molecule has 23 heavy (non-hydrogen) atoms. The Morgan fingerprint density at radius 2 is 1.87 bits per heavy atom. The largest absolute Gasteiger partial charge is 0.320 e. The van der Waals surface area contributed by atoms with E-state index >= 15 is 0 Å². The third-order valence-corrected chi connectivity index (χ3v) is 3.80. The van der Waals surface area contributed by atoms with Gasteiger partial charge in [-0.2, -0.15) is 4.99 Å². The van der Waals surface area contributed by atoms with E-state index in [4.69, 9.17) is 5.10 Å². The van der Waals surface area contributed by atoms with Crippen LogP contribution in [0.25, 0.3) is 0 Å². The molecule has 0 amide bonds. The third-order valence-electron chi connectivity index (χ3n) is 3.80. The molecule has 1 N–H and O–H groups in total. The second-order valence-electron chi connectivity index (χ2n) is 5.49. The highest BCUT2D eigenvalue weighted by atomic mass is 15.7. The fraction of sp³-hybridized carbons (Fsp3) is 0.0556. The second kappa shape index (κ2) is 5.30. The van der Waals surface area contributed by atoms with Crippen molar-refractivity contribution >= 4 is 29.4 Å². The fourth-order valence-electron chi connectivity index (χ4n) is 2.72. The number of hydrogen-bond acceptors (Lipinski definition) is 4. The molecular weight excluding hydrogens is 286 g/mol. The molecule has 2 heterocycles. The summed E-state index contributed by atoms with van der Waals surface area (Å²) in [5, 5.41) is 8.08. The standard InChI is InChI=1S/C18H16N5/c1-14-6-5-7-15(12-14)20-18-21-17-13-19-10-11-23(17,22-18)16-8-3-2-4-9-16/h2-13H,1H3,(H,20,22)/q+1. The zero-order chi connectivity index (χ0) is 15.7. The lowest BCUT2D eigenvalue weighted by Gasteiger charge is -2.23.